The van der Waals surface area contributed by atoms with Gasteiger partial charge in [0.2, 0.25) is 5.91 Å². The van der Waals surface area contributed by atoms with Gasteiger partial charge >= 0.3 is 0 Å². The maximum atomic E-state index is 11.9. The van der Waals surface area contributed by atoms with Crippen LogP contribution in [0.2, 0.25) is 0 Å². The fourth-order valence-corrected chi connectivity index (χ4v) is 3.55. The first-order chi connectivity index (χ1) is 9.24. The van der Waals surface area contributed by atoms with E-state index < -0.39 is 0 Å². The third kappa shape index (κ3) is 4.46. The highest BCUT2D eigenvalue weighted by molar-refractivity contribution is 5.75. The quantitative estimate of drug-likeness (QED) is 0.654. The van der Waals surface area contributed by atoms with Crippen molar-refractivity contribution >= 4 is 5.91 Å². The molecule has 1 unspecified atom stereocenters. The van der Waals surface area contributed by atoms with Crippen LogP contribution in [0.5, 0.6) is 0 Å². The van der Waals surface area contributed by atoms with E-state index in [0.29, 0.717) is 12.3 Å². The highest BCUT2D eigenvalue weighted by Gasteiger charge is 2.33. The highest BCUT2D eigenvalue weighted by atomic mass is 16.3. The molecule has 0 bridgehead atoms. The molecule has 2 aliphatic rings. The molecule has 4 nitrogen and oxygen atoms in total. The lowest BCUT2D eigenvalue weighted by Crippen LogP contribution is -2.36. The third-order valence-electron chi connectivity index (χ3n) is 4.91. The van der Waals surface area contributed by atoms with Crippen LogP contribution in [0.25, 0.3) is 0 Å². The molecule has 110 valence electrons. The Morgan fingerprint density at radius 3 is 2.79 bits per heavy atom. The second-order valence-electron chi connectivity index (χ2n) is 6.35. The van der Waals surface area contributed by atoms with Gasteiger partial charge in [0.05, 0.1) is 0 Å². The molecule has 1 atom stereocenters. The summed E-state index contributed by atoms with van der Waals surface area (Å²) in [5, 5.41) is 15.6. The van der Waals surface area contributed by atoms with Crippen LogP contribution < -0.4 is 10.6 Å². The molecule has 19 heavy (non-hydrogen) atoms. The maximum Gasteiger partial charge on any atom is 0.220 e. The van der Waals surface area contributed by atoms with Gasteiger partial charge in [0.15, 0.2) is 0 Å². The average Bonchev–Trinajstić information content (AvgIpc) is 3.06. The van der Waals surface area contributed by atoms with Crippen molar-refractivity contribution in [3.05, 3.63) is 0 Å². The summed E-state index contributed by atoms with van der Waals surface area (Å²) in [6, 6.07) is 0. The number of aliphatic hydroxyl groups excluding tert-OH is 1. The molecule has 1 heterocycles. The predicted octanol–water partition coefficient (Wildman–Crippen LogP) is 1.44. The number of hydrogen-bond acceptors (Lipinski definition) is 3. The fourth-order valence-electron chi connectivity index (χ4n) is 3.55. The van der Waals surface area contributed by atoms with E-state index >= 15 is 0 Å². The van der Waals surface area contributed by atoms with Crippen LogP contribution in [0.4, 0.5) is 0 Å². The van der Waals surface area contributed by atoms with Crippen molar-refractivity contribution in [2.24, 2.45) is 11.3 Å². The smallest absolute Gasteiger partial charge is 0.220 e. The zero-order valence-corrected chi connectivity index (χ0v) is 11.9. The molecule has 2 fully saturated rings. The molecule has 4 heteroatoms. The van der Waals surface area contributed by atoms with Gasteiger partial charge in [-0.05, 0) is 56.5 Å². The molecular weight excluding hydrogens is 240 g/mol. The van der Waals surface area contributed by atoms with Crippen molar-refractivity contribution in [1.29, 1.82) is 0 Å². The van der Waals surface area contributed by atoms with Gasteiger partial charge in [-0.15, -0.1) is 0 Å². The van der Waals surface area contributed by atoms with Gasteiger partial charge in [0, 0.05) is 19.6 Å². The summed E-state index contributed by atoms with van der Waals surface area (Å²) in [6.07, 6.45) is 8.49. The van der Waals surface area contributed by atoms with Gasteiger partial charge < -0.3 is 15.7 Å². The van der Waals surface area contributed by atoms with Gasteiger partial charge in [-0.3, -0.25) is 4.79 Å². The van der Waals surface area contributed by atoms with Crippen molar-refractivity contribution in [3.8, 4) is 0 Å². The molecule has 1 aliphatic heterocycles. The number of aliphatic hydroxyl groups is 1. The van der Waals surface area contributed by atoms with Crippen LogP contribution in [0, 0.1) is 11.3 Å². The van der Waals surface area contributed by atoms with Crippen LogP contribution in [0.3, 0.4) is 0 Å². The summed E-state index contributed by atoms with van der Waals surface area (Å²) in [7, 11) is 0. The number of carbonyl (C=O) groups excluding carboxylic acids is 1. The Kier molecular flexibility index (Phi) is 5.64. The fraction of sp³-hybridized carbons (Fsp3) is 0.933. The molecule has 0 aromatic carbocycles. The van der Waals surface area contributed by atoms with Crippen molar-refractivity contribution in [2.45, 2.75) is 51.4 Å². The average molecular weight is 268 g/mol. The molecule has 0 spiro atoms. The standard InChI is InChI=1S/C15H28N2O2/c18-10-8-15(6-1-2-7-15)12-17-14(19)4-3-13-5-9-16-11-13/h13,16,18H,1-12H2,(H,17,19). The second kappa shape index (κ2) is 7.25. The molecule has 3 N–H and O–H groups in total. The minimum Gasteiger partial charge on any atom is -0.396 e. The molecule has 2 rings (SSSR count). The lowest BCUT2D eigenvalue weighted by molar-refractivity contribution is -0.122. The molecule has 0 aromatic rings. The van der Waals surface area contributed by atoms with Crippen LogP contribution in [0.1, 0.15) is 51.4 Å². The Hall–Kier alpha value is -0.610. The summed E-state index contributed by atoms with van der Waals surface area (Å²) >= 11 is 0. The van der Waals surface area contributed by atoms with Crippen molar-refractivity contribution in [3.63, 3.8) is 0 Å². The predicted molar refractivity (Wildman–Crippen MR) is 75.8 cm³/mol. The Morgan fingerprint density at radius 2 is 2.16 bits per heavy atom. The normalized spacial score (nSPS) is 25.6. The van der Waals surface area contributed by atoms with Crippen LogP contribution in [-0.2, 0) is 4.79 Å². The third-order valence-corrected chi connectivity index (χ3v) is 4.91. The first kappa shape index (κ1) is 14.8. The van der Waals surface area contributed by atoms with Crippen LogP contribution >= 0.6 is 0 Å². The van der Waals surface area contributed by atoms with Gasteiger partial charge in [-0.25, -0.2) is 0 Å². The first-order valence-electron chi connectivity index (χ1n) is 7.82. The van der Waals surface area contributed by atoms with Crippen LogP contribution in [-0.4, -0.2) is 37.3 Å². The summed E-state index contributed by atoms with van der Waals surface area (Å²) in [6.45, 7) is 3.17. The van der Waals surface area contributed by atoms with E-state index in [1.165, 1.54) is 19.3 Å². The minimum absolute atomic E-state index is 0.180. The first-order valence-corrected chi connectivity index (χ1v) is 7.82. The minimum atomic E-state index is 0.180. The van der Waals surface area contributed by atoms with Crippen LogP contribution in [0.15, 0.2) is 0 Å². The van der Waals surface area contributed by atoms with E-state index in [1.807, 2.05) is 0 Å². The van der Waals surface area contributed by atoms with E-state index in [-0.39, 0.29) is 17.9 Å². The molecule has 1 saturated carbocycles. The van der Waals surface area contributed by atoms with E-state index in [2.05, 4.69) is 10.6 Å². The monoisotopic (exact) mass is 268 g/mol. The topological polar surface area (TPSA) is 61.4 Å². The van der Waals surface area contributed by atoms with Crippen molar-refractivity contribution < 1.29 is 9.90 Å². The number of nitrogens with one attached hydrogen (secondary N) is 2. The maximum absolute atomic E-state index is 11.9. The molecular formula is C15H28N2O2. The Labute approximate surface area is 116 Å². The summed E-state index contributed by atoms with van der Waals surface area (Å²) in [4.78, 5) is 11.9. The van der Waals surface area contributed by atoms with Gasteiger partial charge in [0.1, 0.15) is 0 Å². The van der Waals surface area contributed by atoms with Gasteiger partial charge in [0.25, 0.3) is 0 Å². The summed E-state index contributed by atoms with van der Waals surface area (Å²) in [5.74, 6) is 0.875. The SMILES string of the molecule is O=C(CCC1CCNC1)NCC1(CCO)CCCC1. The van der Waals surface area contributed by atoms with E-state index in [4.69, 9.17) is 0 Å². The Bertz CT molecular complexity index is 282. The van der Waals surface area contributed by atoms with Gasteiger partial charge in [-0.2, -0.15) is 0 Å². The summed E-state index contributed by atoms with van der Waals surface area (Å²) < 4.78 is 0. The van der Waals surface area contributed by atoms with E-state index in [0.717, 1.165) is 45.3 Å². The molecule has 0 radical (unpaired) electrons. The number of amides is 1. The van der Waals surface area contributed by atoms with E-state index in [1.54, 1.807) is 0 Å². The molecule has 1 aliphatic carbocycles. The Balaban J connectivity index is 1.66. The number of rotatable bonds is 7. The summed E-state index contributed by atoms with van der Waals surface area (Å²) in [5.41, 5.74) is 0.180. The number of hydrogen-bond donors (Lipinski definition) is 3. The van der Waals surface area contributed by atoms with Crippen molar-refractivity contribution in [2.75, 3.05) is 26.2 Å². The largest absolute Gasteiger partial charge is 0.396 e. The Morgan fingerprint density at radius 1 is 1.37 bits per heavy atom. The van der Waals surface area contributed by atoms with E-state index in [9.17, 15) is 9.90 Å². The lowest BCUT2D eigenvalue weighted by Gasteiger charge is -2.28. The second-order valence-corrected chi connectivity index (χ2v) is 6.35. The van der Waals surface area contributed by atoms with Crippen molar-refractivity contribution in [1.82, 2.24) is 10.6 Å². The zero-order chi connectivity index (χ0) is 13.6. The molecule has 0 aromatic heterocycles. The molecule has 1 saturated heterocycles. The highest BCUT2D eigenvalue weighted by Crippen LogP contribution is 2.40. The lowest BCUT2D eigenvalue weighted by atomic mass is 9.83. The molecule has 1 amide bonds. The number of carbonyl (C=O) groups is 1. The zero-order valence-electron chi connectivity index (χ0n) is 11.9. The van der Waals surface area contributed by atoms with Gasteiger partial charge in [-0.1, -0.05) is 12.8 Å².